The molecular weight excluding hydrogens is 326 g/mol. The van der Waals surface area contributed by atoms with Gasteiger partial charge in [-0.05, 0) is 43.2 Å². The molecule has 2 N–H and O–H groups in total. The third kappa shape index (κ3) is 4.72. The maximum absolute atomic E-state index is 12.7. The van der Waals surface area contributed by atoms with E-state index in [1.165, 1.54) is 5.56 Å². The van der Waals surface area contributed by atoms with Crippen LogP contribution >= 0.6 is 0 Å². The number of carboxylic acids is 1. The fourth-order valence-electron chi connectivity index (χ4n) is 3.70. The van der Waals surface area contributed by atoms with Crippen molar-refractivity contribution < 1.29 is 14.7 Å². The Morgan fingerprint density at radius 2 is 1.58 bits per heavy atom. The molecule has 1 aliphatic rings. The van der Waals surface area contributed by atoms with Gasteiger partial charge in [0, 0.05) is 5.92 Å². The Bertz CT molecular complexity index is 730. The highest BCUT2D eigenvalue weighted by molar-refractivity contribution is 5.81. The first-order valence-electron chi connectivity index (χ1n) is 9.25. The fourth-order valence-corrected chi connectivity index (χ4v) is 3.70. The molecule has 0 heterocycles. The summed E-state index contributed by atoms with van der Waals surface area (Å²) in [5.41, 5.74) is 2.33. The number of carbonyl (C=O) groups is 2. The van der Waals surface area contributed by atoms with Gasteiger partial charge in [0.15, 0.2) is 0 Å². The van der Waals surface area contributed by atoms with Gasteiger partial charge in [0.2, 0.25) is 5.91 Å². The minimum absolute atomic E-state index is 0.0179. The summed E-state index contributed by atoms with van der Waals surface area (Å²) < 4.78 is 0. The van der Waals surface area contributed by atoms with Crippen LogP contribution < -0.4 is 5.32 Å². The predicted molar refractivity (Wildman–Crippen MR) is 101 cm³/mol. The summed E-state index contributed by atoms with van der Waals surface area (Å²) in [6.07, 6.45) is 3.38. The lowest BCUT2D eigenvalue weighted by Gasteiger charge is -2.21. The first-order valence-corrected chi connectivity index (χ1v) is 9.25. The lowest BCUT2D eigenvalue weighted by atomic mass is 9.97. The van der Waals surface area contributed by atoms with Gasteiger partial charge in [-0.15, -0.1) is 0 Å². The van der Waals surface area contributed by atoms with Crippen molar-refractivity contribution in [3.63, 3.8) is 0 Å². The minimum atomic E-state index is -0.788. The molecule has 1 fully saturated rings. The van der Waals surface area contributed by atoms with Gasteiger partial charge in [-0.3, -0.25) is 9.59 Å². The van der Waals surface area contributed by atoms with Crippen LogP contribution in [0.3, 0.4) is 0 Å². The molecule has 0 aromatic heterocycles. The van der Waals surface area contributed by atoms with Crippen molar-refractivity contribution in [2.45, 2.75) is 38.1 Å². The highest BCUT2D eigenvalue weighted by Crippen LogP contribution is 2.32. The maximum atomic E-state index is 12.7. The van der Waals surface area contributed by atoms with E-state index in [0.717, 1.165) is 18.4 Å². The summed E-state index contributed by atoms with van der Waals surface area (Å²) in [4.78, 5) is 23.8. The van der Waals surface area contributed by atoms with Crippen LogP contribution in [0.5, 0.6) is 0 Å². The molecule has 136 valence electrons. The number of carboxylic acid groups (broad SMARTS) is 1. The minimum Gasteiger partial charge on any atom is -0.481 e. The summed E-state index contributed by atoms with van der Waals surface area (Å²) >= 11 is 0. The standard InChI is InChI=1S/C22H25NO3/c24-21(18-12-13-19(15-18)22(25)26)23-20(17-9-5-2-6-10-17)14-11-16-7-3-1-4-8-16/h1-10,18-20H,11-15H2,(H,23,24)(H,25,26)/t18-,19+,20?/m0/s1. The van der Waals surface area contributed by atoms with Crippen LogP contribution in [-0.2, 0) is 16.0 Å². The van der Waals surface area contributed by atoms with Crippen molar-refractivity contribution in [1.82, 2.24) is 5.32 Å². The molecule has 0 bridgehead atoms. The predicted octanol–water partition coefficient (Wildman–Crippen LogP) is 3.98. The Hall–Kier alpha value is -2.62. The van der Waals surface area contributed by atoms with E-state index in [9.17, 15) is 9.59 Å². The lowest BCUT2D eigenvalue weighted by molar-refractivity contribution is -0.141. The second kappa shape index (κ2) is 8.65. The number of aryl methyl sites for hydroxylation is 1. The lowest BCUT2D eigenvalue weighted by Crippen LogP contribution is -2.33. The summed E-state index contributed by atoms with van der Waals surface area (Å²) in [5.74, 6) is -1.39. The Morgan fingerprint density at radius 1 is 0.962 bits per heavy atom. The van der Waals surface area contributed by atoms with Crippen LogP contribution in [0.2, 0.25) is 0 Å². The number of rotatable bonds is 7. The zero-order chi connectivity index (χ0) is 18.4. The largest absolute Gasteiger partial charge is 0.481 e. The Balaban J connectivity index is 1.66. The summed E-state index contributed by atoms with van der Waals surface area (Å²) in [6.45, 7) is 0. The van der Waals surface area contributed by atoms with Gasteiger partial charge in [-0.2, -0.15) is 0 Å². The summed E-state index contributed by atoms with van der Waals surface area (Å²) in [6, 6.07) is 20.2. The molecule has 0 aliphatic heterocycles. The molecule has 2 aromatic carbocycles. The van der Waals surface area contributed by atoms with Gasteiger partial charge >= 0.3 is 5.97 Å². The molecule has 0 radical (unpaired) electrons. The van der Waals surface area contributed by atoms with Crippen molar-refractivity contribution in [3.8, 4) is 0 Å². The number of carbonyl (C=O) groups excluding carboxylic acids is 1. The van der Waals surface area contributed by atoms with Crippen molar-refractivity contribution in [3.05, 3.63) is 71.8 Å². The van der Waals surface area contributed by atoms with Gasteiger partial charge in [-0.25, -0.2) is 0 Å². The third-order valence-electron chi connectivity index (χ3n) is 5.24. The second-order valence-electron chi connectivity index (χ2n) is 7.04. The third-order valence-corrected chi connectivity index (χ3v) is 5.24. The van der Waals surface area contributed by atoms with Gasteiger partial charge in [0.1, 0.15) is 0 Å². The SMILES string of the molecule is O=C(O)[C@@H]1CC[C@H](C(=O)NC(CCc2ccccc2)c2ccccc2)C1. The average Bonchev–Trinajstić information content (AvgIpc) is 3.17. The van der Waals surface area contributed by atoms with E-state index in [-0.39, 0.29) is 23.8 Å². The van der Waals surface area contributed by atoms with Crippen LogP contribution in [-0.4, -0.2) is 17.0 Å². The molecule has 4 heteroatoms. The van der Waals surface area contributed by atoms with Gasteiger partial charge in [0.05, 0.1) is 12.0 Å². The van der Waals surface area contributed by atoms with Crippen LogP contribution in [0.15, 0.2) is 60.7 Å². The molecular formula is C22H25NO3. The van der Waals surface area contributed by atoms with Crippen LogP contribution in [0.1, 0.15) is 42.9 Å². The first kappa shape index (κ1) is 18.2. The molecule has 3 atom stereocenters. The molecule has 1 amide bonds. The van der Waals surface area contributed by atoms with Crippen LogP contribution in [0, 0.1) is 11.8 Å². The fraction of sp³-hybridized carbons (Fsp3) is 0.364. The topological polar surface area (TPSA) is 66.4 Å². The molecule has 26 heavy (non-hydrogen) atoms. The highest BCUT2D eigenvalue weighted by atomic mass is 16.4. The molecule has 1 saturated carbocycles. The van der Waals surface area contributed by atoms with Crippen molar-refractivity contribution in [2.24, 2.45) is 11.8 Å². The Morgan fingerprint density at radius 3 is 2.19 bits per heavy atom. The van der Waals surface area contributed by atoms with Gasteiger partial charge < -0.3 is 10.4 Å². The smallest absolute Gasteiger partial charge is 0.306 e. The van der Waals surface area contributed by atoms with E-state index < -0.39 is 5.97 Å². The first-order chi connectivity index (χ1) is 12.6. The van der Waals surface area contributed by atoms with E-state index in [2.05, 4.69) is 17.4 Å². The number of aliphatic carboxylic acids is 1. The van der Waals surface area contributed by atoms with Gasteiger partial charge in [0.25, 0.3) is 0 Å². The zero-order valence-corrected chi connectivity index (χ0v) is 14.8. The van der Waals surface area contributed by atoms with E-state index >= 15 is 0 Å². The Kier molecular flexibility index (Phi) is 6.05. The summed E-state index contributed by atoms with van der Waals surface area (Å²) in [7, 11) is 0. The second-order valence-corrected chi connectivity index (χ2v) is 7.04. The number of hydrogen-bond donors (Lipinski definition) is 2. The Labute approximate surface area is 154 Å². The highest BCUT2D eigenvalue weighted by Gasteiger charge is 2.34. The molecule has 1 aliphatic carbocycles. The van der Waals surface area contributed by atoms with Crippen LogP contribution in [0.4, 0.5) is 0 Å². The van der Waals surface area contributed by atoms with E-state index in [4.69, 9.17) is 5.11 Å². The molecule has 3 rings (SSSR count). The van der Waals surface area contributed by atoms with Crippen LogP contribution in [0.25, 0.3) is 0 Å². The number of hydrogen-bond acceptors (Lipinski definition) is 2. The molecule has 1 unspecified atom stereocenters. The molecule has 2 aromatic rings. The summed E-state index contributed by atoms with van der Waals surface area (Å²) in [5, 5.41) is 12.3. The molecule has 0 spiro atoms. The van der Waals surface area contributed by atoms with E-state index in [0.29, 0.717) is 19.3 Å². The number of benzene rings is 2. The van der Waals surface area contributed by atoms with E-state index in [1.807, 2.05) is 48.5 Å². The zero-order valence-electron chi connectivity index (χ0n) is 14.8. The average molecular weight is 351 g/mol. The molecule has 0 saturated heterocycles. The van der Waals surface area contributed by atoms with Crippen molar-refractivity contribution in [2.75, 3.05) is 0 Å². The van der Waals surface area contributed by atoms with E-state index in [1.54, 1.807) is 0 Å². The normalized spacial score (nSPS) is 20.5. The van der Waals surface area contributed by atoms with Crippen molar-refractivity contribution >= 4 is 11.9 Å². The number of amides is 1. The molecule has 4 nitrogen and oxygen atoms in total. The maximum Gasteiger partial charge on any atom is 0.306 e. The quantitative estimate of drug-likeness (QED) is 0.793. The van der Waals surface area contributed by atoms with Gasteiger partial charge in [-0.1, -0.05) is 60.7 Å². The van der Waals surface area contributed by atoms with Crippen molar-refractivity contribution in [1.29, 1.82) is 0 Å². The monoisotopic (exact) mass is 351 g/mol. The number of nitrogens with one attached hydrogen (secondary N) is 1.